The summed E-state index contributed by atoms with van der Waals surface area (Å²) in [6.07, 6.45) is 1.48. The van der Waals surface area contributed by atoms with Gasteiger partial charge in [0, 0.05) is 37.3 Å². The molecule has 156 valence electrons. The number of aromatic amines is 1. The molecule has 30 heavy (non-hydrogen) atoms. The van der Waals surface area contributed by atoms with Crippen LogP contribution in [-0.2, 0) is 0 Å². The van der Waals surface area contributed by atoms with Gasteiger partial charge < -0.3 is 15.1 Å². The number of likely N-dealkylation sites (N-methyl/N-ethyl adjacent to an activating group) is 1. The molecule has 0 bridgehead atoms. The summed E-state index contributed by atoms with van der Waals surface area (Å²) >= 11 is 6.20. The average Bonchev–Trinajstić information content (AvgIpc) is 3.11. The second kappa shape index (κ2) is 8.29. The van der Waals surface area contributed by atoms with Crippen LogP contribution in [0.3, 0.4) is 0 Å². The van der Waals surface area contributed by atoms with Crippen molar-refractivity contribution in [3.63, 3.8) is 0 Å². The monoisotopic (exact) mass is 427 g/mol. The molecule has 2 aromatic heterocycles. The van der Waals surface area contributed by atoms with Gasteiger partial charge in [-0.05, 0) is 38.2 Å². The van der Waals surface area contributed by atoms with Crippen molar-refractivity contribution in [3.05, 3.63) is 63.2 Å². The van der Waals surface area contributed by atoms with Crippen LogP contribution in [0.2, 0.25) is 5.02 Å². The highest BCUT2D eigenvalue weighted by molar-refractivity contribution is 6.31. The van der Waals surface area contributed by atoms with Gasteiger partial charge in [-0.25, -0.2) is 9.78 Å². The van der Waals surface area contributed by atoms with Gasteiger partial charge in [-0.2, -0.15) is 10.2 Å². The Morgan fingerprint density at radius 3 is 2.63 bits per heavy atom. The van der Waals surface area contributed by atoms with E-state index in [2.05, 4.69) is 37.5 Å². The normalized spacial score (nSPS) is 14.7. The van der Waals surface area contributed by atoms with E-state index in [1.54, 1.807) is 19.1 Å². The molecule has 10 heteroatoms. The molecule has 1 aromatic carbocycles. The quantitative estimate of drug-likeness (QED) is 0.660. The molecule has 0 unspecified atom stereocenters. The Kier molecular flexibility index (Phi) is 5.56. The van der Waals surface area contributed by atoms with E-state index in [4.69, 9.17) is 11.6 Å². The maximum atomic E-state index is 13.0. The molecule has 9 nitrogen and oxygen atoms in total. The average molecular weight is 428 g/mol. The molecule has 0 saturated carbocycles. The molecule has 2 N–H and O–H groups in total. The smallest absolute Gasteiger partial charge is 0.264 e. The lowest BCUT2D eigenvalue weighted by Gasteiger charge is -2.35. The van der Waals surface area contributed by atoms with Gasteiger partial charge in [0.2, 0.25) is 0 Å². The van der Waals surface area contributed by atoms with E-state index < -0.39 is 0 Å². The predicted molar refractivity (Wildman–Crippen MR) is 116 cm³/mol. The third-order valence-corrected chi connectivity index (χ3v) is 5.42. The van der Waals surface area contributed by atoms with Crippen LogP contribution in [0.15, 0.2) is 41.3 Å². The van der Waals surface area contributed by atoms with Crippen LogP contribution in [0.25, 0.3) is 5.82 Å². The lowest BCUT2D eigenvalue weighted by atomic mass is 10.2. The number of aromatic nitrogens is 4. The number of benzene rings is 1. The fourth-order valence-electron chi connectivity index (χ4n) is 3.44. The zero-order chi connectivity index (χ0) is 21.3. The minimum absolute atomic E-state index is 0.291. The Morgan fingerprint density at radius 1 is 1.17 bits per heavy atom. The first-order valence-corrected chi connectivity index (χ1v) is 9.95. The molecular formula is C20H22ClN7O2. The van der Waals surface area contributed by atoms with Gasteiger partial charge in [-0.15, -0.1) is 0 Å². The van der Waals surface area contributed by atoms with Crippen molar-refractivity contribution in [3.8, 4) is 5.82 Å². The number of H-pyrrole nitrogens is 1. The van der Waals surface area contributed by atoms with Gasteiger partial charge in [0.05, 0.1) is 28.8 Å². The fraction of sp³-hybridized carbons (Fsp3) is 0.300. The molecule has 1 aliphatic heterocycles. The fourth-order valence-corrected chi connectivity index (χ4v) is 3.61. The maximum absolute atomic E-state index is 13.0. The molecule has 0 radical (unpaired) electrons. The molecule has 0 spiro atoms. The van der Waals surface area contributed by atoms with Crippen molar-refractivity contribution < 1.29 is 4.79 Å². The highest BCUT2D eigenvalue weighted by Crippen LogP contribution is 2.30. The Hall–Kier alpha value is -3.17. The topological polar surface area (TPSA) is 99.1 Å². The number of amides is 1. The van der Waals surface area contributed by atoms with Crippen molar-refractivity contribution in [2.24, 2.45) is 0 Å². The minimum atomic E-state index is -0.307. The van der Waals surface area contributed by atoms with E-state index in [1.807, 2.05) is 12.1 Å². The summed E-state index contributed by atoms with van der Waals surface area (Å²) < 4.78 is 1.50. The van der Waals surface area contributed by atoms with E-state index in [-0.39, 0.29) is 11.5 Å². The summed E-state index contributed by atoms with van der Waals surface area (Å²) in [5.74, 6) is 0.132. The van der Waals surface area contributed by atoms with Crippen LogP contribution in [0.4, 0.5) is 11.4 Å². The van der Waals surface area contributed by atoms with E-state index in [0.717, 1.165) is 31.9 Å². The minimum Gasteiger partial charge on any atom is -0.367 e. The van der Waals surface area contributed by atoms with E-state index in [1.165, 1.54) is 16.9 Å². The molecule has 1 amide bonds. The van der Waals surface area contributed by atoms with Gasteiger partial charge in [0.25, 0.3) is 11.5 Å². The van der Waals surface area contributed by atoms with E-state index in [9.17, 15) is 9.59 Å². The first-order valence-electron chi connectivity index (χ1n) is 9.57. The molecule has 0 aliphatic carbocycles. The molecular weight excluding hydrogens is 406 g/mol. The van der Waals surface area contributed by atoms with Gasteiger partial charge in [-0.1, -0.05) is 11.6 Å². The summed E-state index contributed by atoms with van der Waals surface area (Å²) in [6, 6.07) is 8.43. The molecule has 0 atom stereocenters. The van der Waals surface area contributed by atoms with Gasteiger partial charge >= 0.3 is 0 Å². The number of anilines is 2. The molecule has 3 aromatic rings. The first-order chi connectivity index (χ1) is 14.4. The van der Waals surface area contributed by atoms with Crippen molar-refractivity contribution in [2.45, 2.75) is 6.92 Å². The van der Waals surface area contributed by atoms with Crippen molar-refractivity contribution >= 4 is 28.9 Å². The van der Waals surface area contributed by atoms with Crippen LogP contribution < -0.4 is 15.8 Å². The van der Waals surface area contributed by atoms with Crippen LogP contribution >= 0.6 is 11.6 Å². The molecule has 1 saturated heterocycles. The number of hydrogen-bond donors (Lipinski definition) is 2. The van der Waals surface area contributed by atoms with Crippen molar-refractivity contribution in [1.29, 1.82) is 0 Å². The summed E-state index contributed by atoms with van der Waals surface area (Å²) in [7, 11) is 2.10. The highest BCUT2D eigenvalue weighted by atomic mass is 35.5. The maximum Gasteiger partial charge on any atom is 0.264 e. The summed E-state index contributed by atoms with van der Waals surface area (Å²) in [6.45, 7) is 5.42. The third kappa shape index (κ3) is 4.07. The van der Waals surface area contributed by atoms with Crippen LogP contribution in [0, 0.1) is 6.92 Å². The van der Waals surface area contributed by atoms with Crippen LogP contribution in [0.5, 0.6) is 0 Å². The number of halogens is 1. The van der Waals surface area contributed by atoms with Gasteiger partial charge in [0.1, 0.15) is 0 Å². The van der Waals surface area contributed by atoms with Crippen LogP contribution in [0.1, 0.15) is 16.1 Å². The number of nitrogens with zero attached hydrogens (tertiary/aromatic N) is 5. The Labute approximate surface area is 178 Å². The molecule has 3 heterocycles. The number of hydrogen-bond acceptors (Lipinski definition) is 6. The molecule has 4 rings (SSSR count). The summed E-state index contributed by atoms with van der Waals surface area (Å²) in [4.78, 5) is 28.8. The van der Waals surface area contributed by atoms with Crippen LogP contribution in [-0.4, -0.2) is 64.0 Å². The third-order valence-electron chi connectivity index (χ3n) is 5.19. The highest BCUT2D eigenvalue weighted by Gasteiger charge is 2.21. The number of carbonyl (C=O) groups is 1. The predicted octanol–water partition coefficient (Wildman–Crippen LogP) is 1.92. The van der Waals surface area contributed by atoms with Crippen molar-refractivity contribution in [1.82, 2.24) is 24.9 Å². The number of rotatable bonds is 4. The second-order valence-corrected chi connectivity index (χ2v) is 7.68. The largest absolute Gasteiger partial charge is 0.367 e. The zero-order valence-corrected chi connectivity index (χ0v) is 17.5. The lowest BCUT2D eigenvalue weighted by Crippen LogP contribution is -2.44. The van der Waals surface area contributed by atoms with Gasteiger partial charge in [0.15, 0.2) is 5.82 Å². The summed E-state index contributed by atoms with van der Waals surface area (Å²) in [5.41, 5.74) is 2.31. The SMILES string of the molecule is Cc1c(C(=O)Nc2cc(Cl)ccc2N2CCN(C)CC2)cnn1-c1ccc(=O)[nH]n1. The van der Waals surface area contributed by atoms with Crippen molar-refractivity contribution in [2.75, 3.05) is 43.4 Å². The number of carbonyl (C=O) groups excluding carboxylic acids is 1. The summed E-state index contributed by atoms with van der Waals surface area (Å²) in [5, 5.41) is 14.1. The Morgan fingerprint density at radius 2 is 1.93 bits per heavy atom. The van der Waals surface area contributed by atoms with E-state index in [0.29, 0.717) is 27.8 Å². The molecule has 1 fully saturated rings. The Bertz CT molecular complexity index is 1110. The van der Waals surface area contributed by atoms with Gasteiger partial charge in [-0.3, -0.25) is 9.59 Å². The Balaban J connectivity index is 1.59. The number of piperazine rings is 1. The lowest BCUT2D eigenvalue weighted by molar-refractivity contribution is 0.102. The second-order valence-electron chi connectivity index (χ2n) is 7.24. The first kappa shape index (κ1) is 20.1. The van der Waals surface area contributed by atoms with E-state index >= 15 is 0 Å². The standard InChI is InChI=1S/C20H22ClN7O2/c1-13-15(12-22-28(13)18-5-6-19(29)25-24-18)20(30)23-16-11-14(21)3-4-17(16)27-9-7-26(2)8-10-27/h3-6,11-12H,7-10H2,1-2H3,(H,23,30)(H,25,29). The molecule has 1 aliphatic rings. The number of nitrogens with one attached hydrogen (secondary N) is 2. The zero-order valence-electron chi connectivity index (χ0n) is 16.7.